The summed E-state index contributed by atoms with van der Waals surface area (Å²) in [5, 5.41) is 11.5. The third-order valence-electron chi connectivity index (χ3n) is 4.90. The van der Waals surface area contributed by atoms with Crippen LogP contribution in [0.5, 0.6) is 5.75 Å². The van der Waals surface area contributed by atoms with Crippen molar-refractivity contribution < 1.29 is 4.74 Å². The monoisotopic (exact) mass is 376 g/mol. The van der Waals surface area contributed by atoms with E-state index in [1.807, 2.05) is 24.3 Å². The second-order valence-electron chi connectivity index (χ2n) is 6.80. The summed E-state index contributed by atoms with van der Waals surface area (Å²) in [6.07, 6.45) is 1.73. The van der Waals surface area contributed by atoms with E-state index < -0.39 is 0 Å². The van der Waals surface area contributed by atoms with Crippen molar-refractivity contribution in [3.63, 3.8) is 0 Å². The lowest BCUT2D eigenvalue weighted by atomic mass is 10.2. The molecule has 1 aliphatic rings. The highest BCUT2D eigenvalue weighted by Gasteiger charge is 2.19. The first-order valence-corrected chi connectivity index (χ1v) is 9.38. The number of benzene rings is 2. The molecule has 0 unspecified atom stereocenters. The van der Waals surface area contributed by atoms with Crippen LogP contribution in [-0.4, -0.2) is 48.5 Å². The standard InChI is InChI=1S/C21H24N6O/c1-16-3-5-17(6-4-16)23-21-24-20(15-22-25-21)27-13-11-26(12-14-27)18-7-9-19(28-2)10-8-18/h3-10,15H,11-14H2,1-2H3,(H,23,24,25). The second kappa shape index (κ2) is 8.12. The highest BCUT2D eigenvalue weighted by atomic mass is 16.5. The van der Waals surface area contributed by atoms with Crippen molar-refractivity contribution >= 4 is 23.1 Å². The van der Waals surface area contributed by atoms with Crippen LogP contribution in [0.15, 0.2) is 54.7 Å². The Bertz CT molecular complexity index is 905. The van der Waals surface area contributed by atoms with Crippen LogP contribution in [0, 0.1) is 6.92 Å². The van der Waals surface area contributed by atoms with Gasteiger partial charge in [0.15, 0.2) is 5.82 Å². The highest BCUT2D eigenvalue weighted by Crippen LogP contribution is 2.22. The number of hydrogen-bond donors (Lipinski definition) is 1. The largest absolute Gasteiger partial charge is 0.497 e. The van der Waals surface area contributed by atoms with Gasteiger partial charge in [0.25, 0.3) is 0 Å². The molecule has 0 aliphatic carbocycles. The third-order valence-corrected chi connectivity index (χ3v) is 4.90. The smallest absolute Gasteiger partial charge is 0.249 e. The number of aromatic nitrogens is 3. The first kappa shape index (κ1) is 18.0. The van der Waals surface area contributed by atoms with Gasteiger partial charge in [-0.2, -0.15) is 10.1 Å². The maximum Gasteiger partial charge on any atom is 0.249 e. The predicted molar refractivity (Wildman–Crippen MR) is 112 cm³/mol. The fraction of sp³-hybridized carbons (Fsp3) is 0.286. The van der Waals surface area contributed by atoms with Gasteiger partial charge in [-0.05, 0) is 43.3 Å². The summed E-state index contributed by atoms with van der Waals surface area (Å²) >= 11 is 0. The first-order valence-electron chi connectivity index (χ1n) is 9.38. The summed E-state index contributed by atoms with van der Waals surface area (Å²) in [7, 11) is 1.69. The van der Waals surface area contributed by atoms with Gasteiger partial charge in [0, 0.05) is 37.6 Å². The molecule has 0 spiro atoms. The van der Waals surface area contributed by atoms with Crippen LogP contribution < -0.4 is 19.9 Å². The van der Waals surface area contributed by atoms with Gasteiger partial charge in [-0.25, -0.2) is 0 Å². The van der Waals surface area contributed by atoms with Crippen molar-refractivity contribution in [3.05, 3.63) is 60.3 Å². The van der Waals surface area contributed by atoms with E-state index in [-0.39, 0.29) is 0 Å². The van der Waals surface area contributed by atoms with Crippen LogP contribution in [0.1, 0.15) is 5.56 Å². The van der Waals surface area contributed by atoms with Crippen molar-refractivity contribution in [2.45, 2.75) is 6.92 Å². The van der Waals surface area contributed by atoms with Crippen molar-refractivity contribution in [1.29, 1.82) is 0 Å². The zero-order valence-electron chi connectivity index (χ0n) is 16.2. The number of rotatable bonds is 5. The molecule has 28 heavy (non-hydrogen) atoms. The van der Waals surface area contributed by atoms with E-state index >= 15 is 0 Å². The van der Waals surface area contributed by atoms with Crippen molar-refractivity contribution in [2.24, 2.45) is 0 Å². The summed E-state index contributed by atoms with van der Waals surface area (Å²) in [6, 6.07) is 16.3. The van der Waals surface area contributed by atoms with Gasteiger partial charge in [0.1, 0.15) is 5.75 Å². The van der Waals surface area contributed by atoms with Crippen molar-refractivity contribution in [3.8, 4) is 5.75 Å². The topological polar surface area (TPSA) is 66.4 Å². The van der Waals surface area contributed by atoms with Gasteiger partial charge < -0.3 is 19.9 Å². The normalized spacial score (nSPS) is 14.1. The van der Waals surface area contributed by atoms with E-state index in [0.29, 0.717) is 5.95 Å². The molecule has 0 bridgehead atoms. The maximum absolute atomic E-state index is 5.24. The minimum absolute atomic E-state index is 0.513. The van der Waals surface area contributed by atoms with Gasteiger partial charge in [0.05, 0.1) is 13.3 Å². The molecule has 4 rings (SSSR count). The number of ether oxygens (including phenoxy) is 1. The molecule has 1 fully saturated rings. The molecular weight excluding hydrogens is 352 g/mol. The molecule has 0 radical (unpaired) electrons. The van der Waals surface area contributed by atoms with Crippen LogP contribution in [0.3, 0.4) is 0 Å². The predicted octanol–water partition coefficient (Wildman–Crippen LogP) is 3.26. The Morgan fingerprint density at radius 3 is 2.25 bits per heavy atom. The molecule has 1 saturated heterocycles. The quantitative estimate of drug-likeness (QED) is 0.733. The van der Waals surface area contributed by atoms with Crippen LogP contribution in [0.2, 0.25) is 0 Å². The summed E-state index contributed by atoms with van der Waals surface area (Å²) in [5.41, 5.74) is 3.38. The van der Waals surface area contributed by atoms with E-state index in [1.54, 1.807) is 13.3 Å². The van der Waals surface area contributed by atoms with E-state index in [4.69, 9.17) is 4.74 Å². The van der Waals surface area contributed by atoms with Crippen LogP contribution >= 0.6 is 0 Å². The Labute approximate surface area is 165 Å². The number of nitrogens with zero attached hydrogens (tertiary/aromatic N) is 5. The Hall–Kier alpha value is -3.35. The summed E-state index contributed by atoms with van der Waals surface area (Å²) < 4.78 is 5.24. The molecule has 2 heterocycles. The van der Waals surface area contributed by atoms with Crippen molar-refractivity contribution in [1.82, 2.24) is 15.2 Å². The van der Waals surface area contributed by atoms with Crippen molar-refractivity contribution in [2.75, 3.05) is 48.4 Å². The van der Waals surface area contributed by atoms with Crippen LogP contribution in [0.25, 0.3) is 0 Å². The molecule has 0 amide bonds. The highest BCUT2D eigenvalue weighted by molar-refractivity contribution is 5.55. The number of nitrogens with one attached hydrogen (secondary N) is 1. The molecule has 1 aromatic heterocycles. The first-order chi connectivity index (χ1) is 13.7. The van der Waals surface area contributed by atoms with E-state index in [1.165, 1.54) is 11.3 Å². The number of aryl methyl sites for hydroxylation is 1. The lowest BCUT2D eigenvalue weighted by Gasteiger charge is -2.36. The number of methoxy groups -OCH3 is 1. The van der Waals surface area contributed by atoms with Gasteiger partial charge in [-0.3, -0.25) is 0 Å². The molecule has 1 N–H and O–H groups in total. The fourth-order valence-corrected chi connectivity index (χ4v) is 3.25. The zero-order valence-corrected chi connectivity index (χ0v) is 16.2. The average molecular weight is 376 g/mol. The number of hydrogen-bond acceptors (Lipinski definition) is 7. The summed E-state index contributed by atoms with van der Waals surface area (Å²) in [5.74, 6) is 2.24. The molecule has 3 aromatic rings. The third kappa shape index (κ3) is 4.14. The zero-order chi connectivity index (χ0) is 19.3. The minimum atomic E-state index is 0.513. The molecule has 0 atom stereocenters. The van der Waals surface area contributed by atoms with E-state index in [2.05, 4.69) is 61.5 Å². The molecule has 1 aliphatic heterocycles. The van der Waals surface area contributed by atoms with Gasteiger partial charge >= 0.3 is 0 Å². The number of piperazine rings is 1. The Morgan fingerprint density at radius 2 is 1.57 bits per heavy atom. The SMILES string of the molecule is COc1ccc(N2CCN(c3cnnc(Nc4ccc(C)cc4)n3)CC2)cc1. The molecule has 7 heteroatoms. The Morgan fingerprint density at radius 1 is 0.893 bits per heavy atom. The molecule has 144 valence electrons. The molecule has 7 nitrogen and oxygen atoms in total. The molecule has 0 saturated carbocycles. The lowest BCUT2D eigenvalue weighted by Crippen LogP contribution is -2.46. The van der Waals surface area contributed by atoms with Gasteiger partial charge in [-0.1, -0.05) is 17.7 Å². The fourth-order valence-electron chi connectivity index (χ4n) is 3.25. The minimum Gasteiger partial charge on any atom is -0.497 e. The van der Waals surface area contributed by atoms with Gasteiger partial charge in [-0.15, -0.1) is 5.10 Å². The number of anilines is 4. The maximum atomic E-state index is 5.24. The van der Waals surface area contributed by atoms with E-state index in [9.17, 15) is 0 Å². The van der Waals surface area contributed by atoms with E-state index in [0.717, 1.165) is 43.4 Å². The average Bonchev–Trinajstić information content (AvgIpc) is 2.76. The van der Waals surface area contributed by atoms with Gasteiger partial charge in [0.2, 0.25) is 5.95 Å². The second-order valence-corrected chi connectivity index (χ2v) is 6.80. The Balaban J connectivity index is 1.39. The Kier molecular flexibility index (Phi) is 5.23. The molecular formula is C21H24N6O. The summed E-state index contributed by atoms with van der Waals surface area (Å²) in [4.78, 5) is 9.26. The van der Waals surface area contributed by atoms with Crippen LogP contribution in [0.4, 0.5) is 23.1 Å². The summed E-state index contributed by atoms with van der Waals surface area (Å²) in [6.45, 7) is 5.69. The molecule has 2 aromatic carbocycles. The lowest BCUT2D eigenvalue weighted by molar-refractivity contribution is 0.415. The van der Waals surface area contributed by atoms with Crippen LogP contribution in [-0.2, 0) is 0 Å².